The number of nitrogens with zero attached hydrogens (tertiary/aromatic N) is 1. The molecule has 150 valence electrons. The lowest BCUT2D eigenvalue weighted by atomic mass is 10.0. The number of benzene rings is 2. The van der Waals surface area contributed by atoms with Gasteiger partial charge in [-0.1, -0.05) is 30.3 Å². The maximum Gasteiger partial charge on any atom is 0.264 e. The van der Waals surface area contributed by atoms with Gasteiger partial charge in [0.1, 0.15) is 11.3 Å². The maximum atomic E-state index is 12.6. The Morgan fingerprint density at radius 1 is 1.10 bits per heavy atom. The van der Waals surface area contributed by atoms with Gasteiger partial charge < -0.3 is 25.4 Å². The van der Waals surface area contributed by atoms with Crippen LogP contribution in [-0.2, 0) is 20.7 Å². The molecular formula is C22H23N3O4. The topological polar surface area (TPSA) is 90.9 Å². The molecule has 2 aliphatic rings. The van der Waals surface area contributed by atoms with E-state index in [1.807, 2.05) is 42.5 Å². The number of carbonyl (C=O) groups is 2. The molecule has 2 aliphatic heterocycles. The van der Waals surface area contributed by atoms with Gasteiger partial charge in [-0.15, -0.1) is 0 Å². The van der Waals surface area contributed by atoms with Crippen molar-refractivity contribution in [3.8, 4) is 0 Å². The number of carbonyl (C=O) groups excluding carboxylic acids is 2. The van der Waals surface area contributed by atoms with E-state index in [1.165, 1.54) is 0 Å². The number of amides is 2. The molecule has 2 aromatic rings. The molecule has 2 amide bonds. The molecule has 0 aliphatic carbocycles. The first kappa shape index (κ1) is 19.0. The number of aliphatic hydroxyl groups is 1. The molecule has 1 atom stereocenters. The van der Waals surface area contributed by atoms with Gasteiger partial charge in [0.05, 0.1) is 19.3 Å². The van der Waals surface area contributed by atoms with E-state index < -0.39 is 17.9 Å². The molecule has 0 saturated carbocycles. The van der Waals surface area contributed by atoms with Crippen LogP contribution in [0.1, 0.15) is 5.56 Å². The second kappa shape index (κ2) is 8.36. The van der Waals surface area contributed by atoms with E-state index in [4.69, 9.17) is 4.74 Å². The Labute approximate surface area is 169 Å². The number of ether oxygens (including phenoxy) is 1. The van der Waals surface area contributed by atoms with Crippen molar-refractivity contribution in [1.29, 1.82) is 0 Å². The van der Waals surface area contributed by atoms with Crippen LogP contribution < -0.4 is 15.5 Å². The van der Waals surface area contributed by atoms with Crippen molar-refractivity contribution in [2.45, 2.75) is 12.5 Å². The molecule has 7 nitrogen and oxygen atoms in total. The summed E-state index contributed by atoms with van der Waals surface area (Å²) in [7, 11) is 0. The third kappa shape index (κ3) is 4.25. The van der Waals surface area contributed by atoms with Crippen LogP contribution in [0.25, 0.3) is 0 Å². The van der Waals surface area contributed by atoms with Crippen molar-refractivity contribution in [2.75, 3.05) is 36.5 Å². The fourth-order valence-electron chi connectivity index (χ4n) is 3.58. The van der Waals surface area contributed by atoms with Gasteiger partial charge in [0, 0.05) is 24.5 Å². The van der Waals surface area contributed by atoms with Gasteiger partial charge in [-0.2, -0.15) is 0 Å². The molecule has 7 heteroatoms. The van der Waals surface area contributed by atoms with Crippen molar-refractivity contribution in [1.82, 2.24) is 5.32 Å². The van der Waals surface area contributed by atoms with Crippen LogP contribution in [0, 0.1) is 0 Å². The van der Waals surface area contributed by atoms with E-state index in [0.29, 0.717) is 25.3 Å². The molecule has 0 bridgehead atoms. The fourth-order valence-corrected chi connectivity index (χ4v) is 3.58. The first-order valence-electron chi connectivity index (χ1n) is 9.64. The number of hydrogen-bond acceptors (Lipinski definition) is 5. The fraction of sp³-hybridized carbons (Fsp3) is 0.273. The zero-order valence-corrected chi connectivity index (χ0v) is 15.9. The molecule has 2 aromatic carbocycles. The maximum absolute atomic E-state index is 12.6. The number of rotatable bonds is 5. The smallest absolute Gasteiger partial charge is 0.264 e. The average molecular weight is 393 g/mol. The van der Waals surface area contributed by atoms with Gasteiger partial charge in [0.25, 0.3) is 11.8 Å². The Bertz CT molecular complexity index is 919. The summed E-state index contributed by atoms with van der Waals surface area (Å²) in [5, 5.41) is 15.8. The van der Waals surface area contributed by atoms with Crippen molar-refractivity contribution < 1.29 is 19.4 Å². The van der Waals surface area contributed by atoms with Crippen molar-refractivity contribution in [2.24, 2.45) is 0 Å². The Morgan fingerprint density at radius 3 is 2.48 bits per heavy atom. The van der Waals surface area contributed by atoms with E-state index in [1.54, 1.807) is 12.1 Å². The van der Waals surface area contributed by atoms with E-state index in [-0.39, 0.29) is 11.3 Å². The molecular weight excluding hydrogens is 370 g/mol. The number of hydrogen-bond donors (Lipinski definition) is 3. The summed E-state index contributed by atoms with van der Waals surface area (Å²) in [6.45, 7) is 3.06. The highest BCUT2D eigenvalue weighted by molar-refractivity contribution is 6.24. The van der Waals surface area contributed by atoms with Gasteiger partial charge in [0.2, 0.25) is 0 Å². The van der Waals surface area contributed by atoms with Gasteiger partial charge in [0.15, 0.2) is 0 Å². The van der Waals surface area contributed by atoms with Crippen LogP contribution >= 0.6 is 0 Å². The Hall–Kier alpha value is -3.32. The number of aliphatic hydroxyl groups excluding tert-OH is 1. The second-order valence-corrected chi connectivity index (χ2v) is 7.08. The summed E-state index contributed by atoms with van der Waals surface area (Å²) in [4.78, 5) is 27.1. The monoisotopic (exact) mass is 393 g/mol. The average Bonchev–Trinajstić information content (AvgIpc) is 3.03. The SMILES string of the molecule is O=C(Nc1ccc(N2CCOCC2)cc1)C1=C(O)C(Cc2ccccc2)NC1=O. The van der Waals surface area contributed by atoms with E-state index in [2.05, 4.69) is 15.5 Å². The highest BCUT2D eigenvalue weighted by Crippen LogP contribution is 2.22. The third-order valence-corrected chi connectivity index (χ3v) is 5.13. The zero-order valence-electron chi connectivity index (χ0n) is 15.9. The lowest BCUT2D eigenvalue weighted by Crippen LogP contribution is -2.36. The van der Waals surface area contributed by atoms with Gasteiger partial charge in [-0.25, -0.2) is 0 Å². The summed E-state index contributed by atoms with van der Waals surface area (Å²) in [6, 6.07) is 16.3. The normalized spacial score (nSPS) is 19.2. The lowest BCUT2D eigenvalue weighted by Gasteiger charge is -2.28. The summed E-state index contributed by atoms with van der Waals surface area (Å²) >= 11 is 0. The van der Waals surface area contributed by atoms with Crippen LogP contribution in [0.2, 0.25) is 0 Å². The lowest BCUT2D eigenvalue weighted by molar-refractivity contribution is -0.120. The predicted octanol–water partition coefficient (Wildman–Crippen LogP) is 2.01. The van der Waals surface area contributed by atoms with E-state index in [0.717, 1.165) is 24.3 Å². The van der Waals surface area contributed by atoms with Crippen LogP contribution in [0.5, 0.6) is 0 Å². The minimum Gasteiger partial charge on any atom is -0.509 e. The number of nitrogens with one attached hydrogen (secondary N) is 2. The first-order valence-corrected chi connectivity index (χ1v) is 9.64. The van der Waals surface area contributed by atoms with Crippen LogP contribution in [0.3, 0.4) is 0 Å². The standard InChI is InChI=1S/C22H23N3O4/c26-20-18(14-15-4-2-1-3-5-15)24-22(28)19(20)21(27)23-16-6-8-17(9-7-16)25-10-12-29-13-11-25/h1-9,18,26H,10-14H2,(H,23,27)(H,24,28). The number of anilines is 2. The molecule has 0 radical (unpaired) electrons. The second-order valence-electron chi connectivity index (χ2n) is 7.08. The third-order valence-electron chi connectivity index (χ3n) is 5.13. The number of morpholine rings is 1. The largest absolute Gasteiger partial charge is 0.509 e. The quantitative estimate of drug-likeness (QED) is 0.676. The van der Waals surface area contributed by atoms with E-state index in [9.17, 15) is 14.7 Å². The molecule has 0 spiro atoms. The van der Waals surface area contributed by atoms with Crippen LogP contribution in [0.4, 0.5) is 11.4 Å². The minimum absolute atomic E-state index is 0.221. The molecule has 0 aromatic heterocycles. The molecule has 1 fully saturated rings. The molecule has 1 unspecified atom stereocenters. The zero-order chi connectivity index (χ0) is 20.2. The molecule has 29 heavy (non-hydrogen) atoms. The Balaban J connectivity index is 1.43. The summed E-state index contributed by atoms with van der Waals surface area (Å²) in [5.41, 5.74) is 2.34. The first-order chi connectivity index (χ1) is 14.1. The summed E-state index contributed by atoms with van der Waals surface area (Å²) in [6.07, 6.45) is 0.420. The minimum atomic E-state index is -0.616. The predicted molar refractivity (Wildman–Crippen MR) is 110 cm³/mol. The summed E-state index contributed by atoms with van der Waals surface area (Å²) in [5.74, 6) is -1.40. The highest BCUT2D eigenvalue weighted by atomic mass is 16.5. The molecule has 2 heterocycles. The molecule has 4 rings (SSSR count). The Morgan fingerprint density at radius 2 is 1.79 bits per heavy atom. The van der Waals surface area contributed by atoms with Gasteiger partial charge in [-0.3, -0.25) is 9.59 Å². The molecule has 3 N–H and O–H groups in total. The van der Waals surface area contributed by atoms with Crippen molar-refractivity contribution in [3.05, 3.63) is 71.5 Å². The van der Waals surface area contributed by atoms with Gasteiger partial charge in [-0.05, 0) is 36.2 Å². The Kier molecular flexibility index (Phi) is 5.48. The molecule has 1 saturated heterocycles. The van der Waals surface area contributed by atoms with Crippen LogP contribution in [0.15, 0.2) is 65.9 Å². The van der Waals surface area contributed by atoms with Crippen molar-refractivity contribution >= 4 is 23.2 Å². The highest BCUT2D eigenvalue weighted by Gasteiger charge is 2.36. The van der Waals surface area contributed by atoms with E-state index >= 15 is 0 Å². The van der Waals surface area contributed by atoms with Gasteiger partial charge >= 0.3 is 0 Å². The van der Waals surface area contributed by atoms with Crippen molar-refractivity contribution in [3.63, 3.8) is 0 Å². The summed E-state index contributed by atoms with van der Waals surface area (Å²) < 4.78 is 5.36. The van der Waals surface area contributed by atoms with Crippen LogP contribution in [-0.4, -0.2) is 49.3 Å².